The lowest BCUT2D eigenvalue weighted by Gasteiger charge is -2.30. The van der Waals surface area contributed by atoms with E-state index in [1.165, 1.54) is 18.2 Å². The topological polar surface area (TPSA) is 49.4 Å². The van der Waals surface area contributed by atoms with Crippen molar-refractivity contribution < 1.29 is 14.0 Å². The molecule has 0 atom stereocenters. The first-order valence-electron chi connectivity index (χ1n) is 10.4. The number of anilines is 1. The fourth-order valence-corrected chi connectivity index (χ4v) is 4.43. The van der Waals surface area contributed by atoms with Crippen LogP contribution in [0.5, 0.6) is 0 Å². The maximum Gasteiger partial charge on any atom is 0.262 e. The van der Waals surface area contributed by atoms with E-state index in [4.69, 9.17) is 23.2 Å². The highest BCUT2D eigenvalue weighted by molar-refractivity contribution is 6.34. The van der Waals surface area contributed by atoms with Gasteiger partial charge in [0, 0.05) is 34.9 Å². The lowest BCUT2D eigenvalue weighted by molar-refractivity contribution is 0.0953. The summed E-state index contributed by atoms with van der Waals surface area (Å²) in [6.45, 7) is 2.87. The van der Waals surface area contributed by atoms with E-state index in [0.29, 0.717) is 23.7 Å². The van der Waals surface area contributed by atoms with Crippen LogP contribution < -0.4 is 10.2 Å². The number of aryl methyl sites for hydroxylation is 1. The van der Waals surface area contributed by atoms with Crippen molar-refractivity contribution >= 4 is 40.7 Å². The highest BCUT2D eigenvalue weighted by atomic mass is 35.5. The summed E-state index contributed by atoms with van der Waals surface area (Å²) in [6.07, 6.45) is 1.51. The molecule has 0 fully saturated rings. The molecular formula is C25H21Cl2FN2O2. The van der Waals surface area contributed by atoms with Gasteiger partial charge in [0.2, 0.25) is 0 Å². The Morgan fingerprint density at radius 3 is 2.62 bits per heavy atom. The van der Waals surface area contributed by atoms with Crippen molar-refractivity contribution in [3.63, 3.8) is 0 Å². The molecule has 0 saturated carbocycles. The summed E-state index contributed by atoms with van der Waals surface area (Å²) >= 11 is 12.6. The summed E-state index contributed by atoms with van der Waals surface area (Å²) < 4.78 is 14.3. The van der Waals surface area contributed by atoms with Gasteiger partial charge in [0.1, 0.15) is 5.82 Å². The highest BCUT2D eigenvalue weighted by Crippen LogP contribution is 2.36. The number of amides is 2. The fourth-order valence-electron chi connectivity index (χ4n) is 3.96. The average molecular weight is 471 g/mol. The summed E-state index contributed by atoms with van der Waals surface area (Å²) in [4.78, 5) is 26.9. The Labute approximate surface area is 195 Å². The molecule has 7 heteroatoms. The minimum atomic E-state index is -0.639. The van der Waals surface area contributed by atoms with Crippen LogP contribution in [0.15, 0.2) is 54.6 Å². The van der Waals surface area contributed by atoms with Crippen molar-refractivity contribution in [2.45, 2.75) is 19.8 Å². The molecule has 3 aromatic carbocycles. The highest BCUT2D eigenvalue weighted by Gasteiger charge is 2.27. The van der Waals surface area contributed by atoms with Crippen molar-refractivity contribution in [3.8, 4) is 11.1 Å². The van der Waals surface area contributed by atoms with Crippen LogP contribution in [-0.4, -0.2) is 24.9 Å². The summed E-state index contributed by atoms with van der Waals surface area (Å²) in [5, 5.41) is 3.40. The van der Waals surface area contributed by atoms with Gasteiger partial charge < -0.3 is 10.2 Å². The van der Waals surface area contributed by atoms with E-state index < -0.39 is 11.7 Å². The SMILES string of the molecule is CCNC(=O)c1ccc(Cl)c(-c2ccc3c(c2)CCCN3C(=O)c2c(F)cccc2Cl)c1. The number of carbonyl (C=O) groups excluding carboxylic acids is 2. The second-order valence-corrected chi connectivity index (χ2v) is 8.37. The van der Waals surface area contributed by atoms with Gasteiger partial charge in [0.15, 0.2) is 0 Å². The second-order valence-electron chi connectivity index (χ2n) is 7.55. The molecule has 0 saturated heterocycles. The molecule has 0 unspecified atom stereocenters. The third-order valence-corrected chi connectivity index (χ3v) is 6.14. The second kappa shape index (κ2) is 9.31. The van der Waals surface area contributed by atoms with Gasteiger partial charge in [-0.3, -0.25) is 9.59 Å². The van der Waals surface area contributed by atoms with Gasteiger partial charge in [0.05, 0.1) is 10.6 Å². The van der Waals surface area contributed by atoms with Crippen molar-refractivity contribution in [1.82, 2.24) is 5.32 Å². The Morgan fingerprint density at radius 1 is 1.06 bits per heavy atom. The van der Waals surface area contributed by atoms with Crippen LogP contribution >= 0.6 is 23.2 Å². The maximum atomic E-state index is 14.3. The molecule has 1 aliphatic rings. The number of rotatable bonds is 4. The summed E-state index contributed by atoms with van der Waals surface area (Å²) in [5.41, 5.74) is 3.66. The zero-order valence-electron chi connectivity index (χ0n) is 17.4. The lowest BCUT2D eigenvalue weighted by atomic mass is 9.94. The third kappa shape index (κ3) is 4.23. The van der Waals surface area contributed by atoms with Crippen LogP contribution in [0.1, 0.15) is 39.6 Å². The van der Waals surface area contributed by atoms with Crippen LogP contribution in [0.3, 0.4) is 0 Å². The first-order chi connectivity index (χ1) is 15.4. The van der Waals surface area contributed by atoms with E-state index in [2.05, 4.69) is 5.32 Å². The van der Waals surface area contributed by atoms with Crippen LogP contribution in [0.4, 0.5) is 10.1 Å². The molecule has 164 valence electrons. The molecule has 32 heavy (non-hydrogen) atoms. The van der Waals surface area contributed by atoms with Crippen molar-refractivity contribution in [2.75, 3.05) is 18.0 Å². The zero-order valence-corrected chi connectivity index (χ0v) is 18.9. The summed E-state index contributed by atoms with van der Waals surface area (Å²) in [5.74, 6) is -1.26. The van der Waals surface area contributed by atoms with E-state index in [1.807, 2.05) is 25.1 Å². The Kier molecular flexibility index (Phi) is 6.49. The Bertz CT molecular complexity index is 1190. The quantitative estimate of drug-likeness (QED) is 0.497. The molecule has 1 N–H and O–H groups in total. The van der Waals surface area contributed by atoms with Gasteiger partial charge in [0.25, 0.3) is 11.8 Å². The number of benzene rings is 3. The number of nitrogens with one attached hydrogen (secondary N) is 1. The molecule has 0 spiro atoms. The van der Waals surface area contributed by atoms with Crippen LogP contribution in [0.2, 0.25) is 10.0 Å². The van der Waals surface area contributed by atoms with Crippen LogP contribution in [0.25, 0.3) is 11.1 Å². The van der Waals surface area contributed by atoms with E-state index in [1.54, 1.807) is 23.1 Å². The molecule has 0 bridgehead atoms. The average Bonchev–Trinajstić information content (AvgIpc) is 2.78. The van der Waals surface area contributed by atoms with Gasteiger partial charge in [-0.1, -0.05) is 35.3 Å². The number of carbonyl (C=O) groups is 2. The summed E-state index contributed by atoms with van der Waals surface area (Å²) in [7, 11) is 0. The minimum absolute atomic E-state index is 0.0905. The molecule has 4 rings (SSSR count). The monoisotopic (exact) mass is 470 g/mol. The van der Waals surface area contributed by atoms with Gasteiger partial charge in [-0.15, -0.1) is 0 Å². The number of halogens is 3. The maximum absolute atomic E-state index is 14.3. The van der Waals surface area contributed by atoms with Gasteiger partial charge in [-0.25, -0.2) is 4.39 Å². The van der Waals surface area contributed by atoms with Crippen LogP contribution in [0, 0.1) is 5.82 Å². The predicted molar refractivity (Wildman–Crippen MR) is 126 cm³/mol. The first-order valence-corrected chi connectivity index (χ1v) is 11.1. The smallest absolute Gasteiger partial charge is 0.262 e. The fraction of sp³-hybridized carbons (Fsp3) is 0.200. The molecule has 1 aliphatic heterocycles. The number of nitrogens with zero attached hydrogens (tertiary/aromatic N) is 1. The molecule has 4 nitrogen and oxygen atoms in total. The van der Waals surface area contributed by atoms with Crippen molar-refractivity contribution in [2.24, 2.45) is 0 Å². The minimum Gasteiger partial charge on any atom is -0.352 e. The summed E-state index contributed by atoms with van der Waals surface area (Å²) in [6, 6.07) is 15.0. The van der Waals surface area contributed by atoms with E-state index >= 15 is 0 Å². The Morgan fingerprint density at radius 2 is 1.88 bits per heavy atom. The Balaban J connectivity index is 1.71. The normalized spacial score (nSPS) is 12.9. The van der Waals surface area contributed by atoms with E-state index in [0.717, 1.165) is 35.2 Å². The number of hydrogen-bond acceptors (Lipinski definition) is 2. The standard InChI is InChI=1S/C25H21Cl2FN2O2/c1-2-29-24(31)17-8-10-19(26)18(14-17)15-9-11-22-16(13-15)5-4-12-30(22)25(32)23-20(27)6-3-7-21(23)28/h3,6-11,13-14H,2,4-5,12H2,1H3,(H,29,31). The van der Waals surface area contributed by atoms with E-state index in [9.17, 15) is 14.0 Å². The van der Waals surface area contributed by atoms with Crippen molar-refractivity contribution in [1.29, 1.82) is 0 Å². The van der Waals surface area contributed by atoms with Crippen molar-refractivity contribution in [3.05, 3.63) is 87.2 Å². The molecular weight excluding hydrogens is 450 g/mol. The molecule has 0 radical (unpaired) electrons. The van der Waals surface area contributed by atoms with E-state index in [-0.39, 0.29) is 16.5 Å². The van der Waals surface area contributed by atoms with Gasteiger partial charge in [-0.05, 0) is 73.4 Å². The lowest BCUT2D eigenvalue weighted by Crippen LogP contribution is -2.36. The first kappa shape index (κ1) is 22.3. The number of hydrogen-bond donors (Lipinski definition) is 1. The zero-order chi connectivity index (χ0) is 22.8. The van der Waals surface area contributed by atoms with Gasteiger partial charge in [-0.2, -0.15) is 0 Å². The molecule has 0 aromatic heterocycles. The molecule has 0 aliphatic carbocycles. The van der Waals surface area contributed by atoms with Crippen LogP contribution in [-0.2, 0) is 6.42 Å². The Hall–Kier alpha value is -2.89. The van der Waals surface area contributed by atoms with Gasteiger partial charge >= 0.3 is 0 Å². The molecule has 3 aromatic rings. The number of fused-ring (bicyclic) bond motifs is 1. The largest absolute Gasteiger partial charge is 0.352 e. The predicted octanol–water partition coefficient (Wildman–Crippen LogP) is 6.14. The molecule has 2 amide bonds. The third-order valence-electron chi connectivity index (χ3n) is 5.50. The molecule has 1 heterocycles.